The first-order valence-corrected chi connectivity index (χ1v) is 3.90. The van der Waals surface area contributed by atoms with Crippen LogP contribution in [0.2, 0.25) is 0 Å². The average Bonchev–Trinajstić information content (AvgIpc) is 2.21. The molecule has 0 N–H and O–H groups in total. The summed E-state index contributed by atoms with van der Waals surface area (Å²) < 4.78 is 2.03. The first-order valence-electron chi connectivity index (χ1n) is 3.90. The second kappa shape index (κ2) is 3.18. The lowest BCUT2D eigenvalue weighted by Gasteiger charge is -1.98. The first-order chi connectivity index (χ1) is 5.97. The van der Waals surface area contributed by atoms with Crippen molar-refractivity contribution >= 4 is 0 Å². The third-order valence-corrected chi connectivity index (χ3v) is 1.69. The molecular formula is C11H9N. The molecule has 0 radical (unpaired) electrons. The van der Waals surface area contributed by atoms with Crippen molar-refractivity contribution in [2.45, 2.75) is 0 Å². The fourth-order valence-electron chi connectivity index (χ4n) is 1.10. The van der Waals surface area contributed by atoms with Gasteiger partial charge in [0, 0.05) is 12.1 Å². The van der Waals surface area contributed by atoms with Crippen molar-refractivity contribution in [1.82, 2.24) is 0 Å². The molecule has 0 aliphatic heterocycles. The molecule has 0 amide bonds. The number of pyridine rings is 1. The average molecular weight is 155 g/mol. The molecule has 0 spiro atoms. The standard InChI is InChI=1S/C11H9N/c1-3-7-11(8-4-1)12-9-5-2-6-10-12/h1-7,9-10H. The third-order valence-electron chi connectivity index (χ3n) is 1.69. The van der Waals surface area contributed by atoms with Gasteiger partial charge in [0.2, 0.25) is 0 Å². The second-order valence-corrected chi connectivity index (χ2v) is 2.53. The van der Waals surface area contributed by atoms with Crippen molar-refractivity contribution in [1.29, 1.82) is 0 Å². The molecule has 2 aromatic rings. The molecule has 0 aliphatic carbocycles. The Morgan fingerprint density at radius 1 is 0.917 bits per heavy atom. The summed E-state index contributed by atoms with van der Waals surface area (Å²) in [5.74, 6) is 0. The second-order valence-electron chi connectivity index (χ2n) is 2.53. The molecule has 1 nitrogen and oxygen atoms in total. The van der Waals surface area contributed by atoms with Gasteiger partial charge in [0.25, 0.3) is 0 Å². The number of benzene rings is 1. The van der Waals surface area contributed by atoms with Crippen molar-refractivity contribution in [3.8, 4) is 5.69 Å². The predicted octanol–water partition coefficient (Wildman–Crippen LogP) is 1.76. The highest BCUT2D eigenvalue weighted by Gasteiger charge is 1.93. The van der Waals surface area contributed by atoms with Crippen LogP contribution in [0, 0.1) is 6.07 Å². The summed E-state index contributed by atoms with van der Waals surface area (Å²) in [4.78, 5) is 0. The van der Waals surface area contributed by atoms with Crippen LogP contribution in [0.3, 0.4) is 0 Å². The molecule has 0 aliphatic rings. The van der Waals surface area contributed by atoms with Crippen LogP contribution in [0.1, 0.15) is 0 Å². The molecule has 12 heavy (non-hydrogen) atoms. The van der Waals surface area contributed by atoms with E-state index in [2.05, 4.69) is 6.07 Å². The van der Waals surface area contributed by atoms with E-state index in [0.717, 1.165) is 5.69 Å². The maximum Gasteiger partial charge on any atom is 0.172 e. The number of rotatable bonds is 1. The molecular weight excluding hydrogens is 146 g/mol. The topological polar surface area (TPSA) is 3.88 Å². The summed E-state index contributed by atoms with van der Waals surface area (Å²) in [6.45, 7) is 0. The maximum absolute atomic E-state index is 3.15. The van der Waals surface area contributed by atoms with E-state index in [4.69, 9.17) is 0 Å². The number of aromatic nitrogens is 1. The lowest BCUT2D eigenvalue weighted by molar-refractivity contribution is -0.596. The van der Waals surface area contributed by atoms with Crippen LogP contribution in [0.15, 0.2) is 54.9 Å². The van der Waals surface area contributed by atoms with Crippen LogP contribution in [-0.2, 0) is 0 Å². The van der Waals surface area contributed by atoms with Crippen molar-refractivity contribution in [2.24, 2.45) is 0 Å². The zero-order chi connectivity index (χ0) is 8.23. The normalized spacial score (nSPS) is 9.67. The lowest BCUT2D eigenvalue weighted by atomic mass is 10.3. The van der Waals surface area contributed by atoms with Crippen molar-refractivity contribution in [2.75, 3.05) is 0 Å². The quantitative estimate of drug-likeness (QED) is 0.436. The number of para-hydroxylation sites is 1. The SMILES string of the molecule is [c-]1ccccc1-[n+]1ccccc1. The zero-order valence-electron chi connectivity index (χ0n) is 6.64. The van der Waals surface area contributed by atoms with Gasteiger partial charge in [-0.05, 0) is 0 Å². The monoisotopic (exact) mass is 155 g/mol. The van der Waals surface area contributed by atoms with Crippen LogP contribution >= 0.6 is 0 Å². The molecule has 0 atom stereocenters. The summed E-state index contributed by atoms with van der Waals surface area (Å²) in [6.07, 6.45) is 4.01. The van der Waals surface area contributed by atoms with E-state index in [1.807, 2.05) is 59.4 Å². The van der Waals surface area contributed by atoms with E-state index in [-0.39, 0.29) is 0 Å². The fourth-order valence-corrected chi connectivity index (χ4v) is 1.10. The summed E-state index contributed by atoms with van der Waals surface area (Å²) in [7, 11) is 0. The van der Waals surface area contributed by atoms with E-state index in [1.54, 1.807) is 0 Å². The Balaban J connectivity index is 2.46. The predicted molar refractivity (Wildman–Crippen MR) is 46.8 cm³/mol. The summed E-state index contributed by atoms with van der Waals surface area (Å²) in [5.41, 5.74) is 1.07. The maximum atomic E-state index is 3.15. The highest BCUT2D eigenvalue weighted by Crippen LogP contribution is 1.95. The Morgan fingerprint density at radius 2 is 1.75 bits per heavy atom. The van der Waals surface area contributed by atoms with Crippen molar-refractivity contribution < 1.29 is 4.57 Å². The van der Waals surface area contributed by atoms with Crippen LogP contribution < -0.4 is 4.57 Å². The van der Waals surface area contributed by atoms with Gasteiger partial charge < -0.3 is 0 Å². The van der Waals surface area contributed by atoms with Crippen molar-refractivity contribution in [3.05, 3.63) is 60.9 Å². The van der Waals surface area contributed by atoms with Gasteiger partial charge in [-0.3, -0.25) is 0 Å². The molecule has 0 unspecified atom stereocenters. The summed E-state index contributed by atoms with van der Waals surface area (Å²) >= 11 is 0. The van der Waals surface area contributed by atoms with Gasteiger partial charge in [-0.25, -0.2) is 0 Å². The minimum absolute atomic E-state index is 1.07. The first kappa shape index (κ1) is 7.04. The van der Waals surface area contributed by atoms with Gasteiger partial charge in [0.15, 0.2) is 12.4 Å². The molecule has 1 heteroatoms. The Labute approximate surface area is 71.9 Å². The summed E-state index contributed by atoms with van der Waals surface area (Å²) in [5, 5.41) is 0. The van der Waals surface area contributed by atoms with Gasteiger partial charge in [0.05, 0.1) is 0 Å². The van der Waals surface area contributed by atoms with Gasteiger partial charge in [0.1, 0.15) is 5.69 Å². The molecule has 0 bridgehead atoms. The number of hydrogen-bond donors (Lipinski definition) is 0. The molecule has 1 heterocycles. The van der Waals surface area contributed by atoms with Crippen LogP contribution in [-0.4, -0.2) is 0 Å². The van der Waals surface area contributed by atoms with Crippen LogP contribution in [0.25, 0.3) is 5.69 Å². The van der Waals surface area contributed by atoms with E-state index in [1.165, 1.54) is 0 Å². The summed E-state index contributed by atoms with van der Waals surface area (Å²) in [6, 6.07) is 17.1. The Morgan fingerprint density at radius 3 is 2.42 bits per heavy atom. The van der Waals surface area contributed by atoms with E-state index in [9.17, 15) is 0 Å². The highest BCUT2D eigenvalue weighted by atomic mass is 14.9. The Kier molecular flexibility index (Phi) is 1.87. The molecule has 0 saturated heterocycles. The minimum atomic E-state index is 1.07. The zero-order valence-corrected chi connectivity index (χ0v) is 6.64. The van der Waals surface area contributed by atoms with Crippen LogP contribution in [0.4, 0.5) is 0 Å². The molecule has 58 valence electrons. The molecule has 1 aromatic carbocycles. The van der Waals surface area contributed by atoms with Crippen LogP contribution in [0.5, 0.6) is 0 Å². The van der Waals surface area contributed by atoms with E-state index < -0.39 is 0 Å². The van der Waals surface area contributed by atoms with Gasteiger partial charge in [-0.15, -0.1) is 6.07 Å². The van der Waals surface area contributed by atoms with E-state index >= 15 is 0 Å². The minimum Gasteiger partial charge on any atom is -0.190 e. The highest BCUT2D eigenvalue weighted by molar-refractivity contribution is 5.19. The van der Waals surface area contributed by atoms with E-state index in [0.29, 0.717) is 0 Å². The number of hydrogen-bond acceptors (Lipinski definition) is 0. The van der Waals surface area contributed by atoms with Gasteiger partial charge >= 0.3 is 0 Å². The molecule has 2 rings (SSSR count). The van der Waals surface area contributed by atoms with Gasteiger partial charge in [-0.1, -0.05) is 12.1 Å². The largest absolute Gasteiger partial charge is 0.190 e. The smallest absolute Gasteiger partial charge is 0.172 e. The molecule has 0 saturated carbocycles. The molecule has 1 aromatic heterocycles. The fraction of sp³-hybridized carbons (Fsp3) is 0. The Hall–Kier alpha value is -1.63. The third kappa shape index (κ3) is 1.35. The molecule has 0 fully saturated rings. The van der Waals surface area contributed by atoms with Crippen molar-refractivity contribution in [3.63, 3.8) is 0 Å². The van der Waals surface area contributed by atoms with Gasteiger partial charge in [-0.2, -0.15) is 22.8 Å². The lowest BCUT2D eigenvalue weighted by Crippen LogP contribution is -2.28. The number of nitrogens with zero attached hydrogens (tertiary/aromatic N) is 1. The Bertz CT molecular complexity index is 302.